The number of nitrogens with zero attached hydrogens (tertiary/aromatic N) is 1. The van der Waals surface area contributed by atoms with Crippen molar-refractivity contribution in [2.45, 2.75) is 44.0 Å². The highest BCUT2D eigenvalue weighted by Gasteiger charge is 2.36. The minimum absolute atomic E-state index is 0.00162. The average Bonchev–Trinajstić information content (AvgIpc) is 3.29. The molecule has 1 aromatic carbocycles. The maximum absolute atomic E-state index is 12.8. The Labute approximate surface area is 125 Å². The van der Waals surface area contributed by atoms with Crippen LogP contribution in [0.4, 0.5) is 0 Å². The van der Waals surface area contributed by atoms with E-state index in [0.29, 0.717) is 17.9 Å². The van der Waals surface area contributed by atoms with Crippen LogP contribution in [0.3, 0.4) is 0 Å². The predicted molar refractivity (Wildman–Crippen MR) is 79.9 cm³/mol. The highest BCUT2D eigenvalue weighted by molar-refractivity contribution is 7.89. The quantitative estimate of drug-likeness (QED) is 0.875. The molecule has 1 saturated carbocycles. The first-order valence-corrected chi connectivity index (χ1v) is 8.57. The summed E-state index contributed by atoms with van der Waals surface area (Å²) >= 11 is 0. The molecule has 0 aliphatic heterocycles. The monoisotopic (exact) mass is 311 g/mol. The van der Waals surface area contributed by atoms with E-state index in [-0.39, 0.29) is 16.5 Å². The largest absolute Gasteiger partial charge is 0.478 e. The first-order chi connectivity index (χ1) is 9.78. The number of carboxylic acids is 1. The molecule has 1 aromatic rings. The Morgan fingerprint density at radius 2 is 2.05 bits per heavy atom. The molecule has 0 spiro atoms. The van der Waals surface area contributed by atoms with Gasteiger partial charge in [-0.25, -0.2) is 13.2 Å². The summed E-state index contributed by atoms with van der Waals surface area (Å²) in [6, 6.07) is 4.25. The number of aromatic carboxylic acids is 1. The van der Waals surface area contributed by atoms with Gasteiger partial charge in [0.1, 0.15) is 0 Å². The minimum atomic E-state index is -3.67. The Bertz CT molecular complexity index is 650. The van der Waals surface area contributed by atoms with Gasteiger partial charge < -0.3 is 5.11 Å². The lowest BCUT2D eigenvalue weighted by atomic mass is 10.1. The molecule has 21 heavy (non-hydrogen) atoms. The van der Waals surface area contributed by atoms with Gasteiger partial charge in [-0.2, -0.15) is 4.31 Å². The molecule has 1 fully saturated rings. The van der Waals surface area contributed by atoms with Crippen LogP contribution in [0.1, 0.15) is 42.6 Å². The normalized spacial score (nSPS) is 17.0. The van der Waals surface area contributed by atoms with Crippen LogP contribution in [0.5, 0.6) is 0 Å². The molecule has 0 amide bonds. The number of hydrogen-bond donors (Lipinski definition) is 1. The SMILES string of the molecule is CCc1ccc(C(=O)O)cc1S(=O)(=O)N(C)C(C)C1CC1. The number of rotatable bonds is 6. The third-order valence-electron chi connectivity index (χ3n) is 4.23. The van der Waals surface area contributed by atoms with Gasteiger partial charge in [0.05, 0.1) is 10.5 Å². The lowest BCUT2D eigenvalue weighted by molar-refractivity contribution is 0.0696. The van der Waals surface area contributed by atoms with Crippen LogP contribution in [0.15, 0.2) is 23.1 Å². The van der Waals surface area contributed by atoms with E-state index in [1.54, 1.807) is 13.1 Å². The molecule has 0 radical (unpaired) electrons. The zero-order valence-electron chi connectivity index (χ0n) is 12.5. The fourth-order valence-electron chi connectivity index (χ4n) is 2.47. The molecule has 1 atom stereocenters. The maximum atomic E-state index is 12.8. The number of hydrogen-bond acceptors (Lipinski definition) is 3. The Morgan fingerprint density at radius 3 is 2.52 bits per heavy atom. The molecular formula is C15H21NO4S. The molecule has 1 aliphatic carbocycles. The topological polar surface area (TPSA) is 74.7 Å². The number of aryl methyl sites for hydroxylation is 1. The number of carboxylic acid groups (broad SMARTS) is 1. The third kappa shape index (κ3) is 3.11. The van der Waals surface area contributed by atoms with Gasteiger partial charge in [-0.05, 0) is 49.8 Å². The number of carbonyl (C=O) groups is 1. The van der Waals surface area contributed by atoms with Crippen LogP contribution in [0.2, 0.25) is 0 Å². The zero-order chi connectivity index (χ0) is 15.8. The van der Waals surface area contributed by atoms with Crippen LogP contribution < -0.4 is 0 Å². The second-order valence-corrected chi connectivity index (χ2v) is 7.55. The van der Waals surface area contributed by atoms with Crippen LogP contribution in [-0.4, -0.2) is 36.9 Å². The Hall–Kier alpha value is -1.40. The van der Waals surface area contributed by atoms with E-state index in [1.165, 1.54) is 16.4 Å². The molecule has 6 heteroatoms. The van der Waals surface area contributed by atoms with Gasteiger partial charge in [-0.15, -0.1) is 0 Å². The van der Waals surface area contributed by atoms with Crippen LogP contribution in [0.25, 0.3) is 0 Å². The Kier molecular flexibility index (Phi) is 4.39. The number of sulfonamides is 1. The maximum Gasteiger partial charge on any atom is 0.335 e. The molecule has 0 heterocycles. The van der Waals surface area contributed by atoms with Crippen molar-refractivity contribution in [2.75, 3.05) is 7.05 Å². The second-order valence-electron chi connectivity index (χ2n) is 5.58. The van der Waals surface area contributed by atoms with E-state index in [9.17, 15) is 13.2 Å². The summed E-state index contributed by atoms with van der Waals surface area (Å²) in [4.78, 5) is 11.2. The summed E-state index contributed by atoms with van der Waals surface area (Å²) in [5, 5.41) is 9.08. The molecule has 5 nitrogen and oxygen atoms in total. The lowest BCUT2D eigenvalue weighted by Gasteiger charge is -2.25. The lowest BCUT2D eigenvalue weighted by Crippen LogP contribution is -2.37. The Morgan fingerprint density at radius 1 is 1.43 bits per heavy atom. The van der Waals surface area contributed by atoms with E-state index in [4.69, 9.17) is 5.11 Å². The van der Waals surface area contributed by atoms with E-state index in [2.05, 4.69) is 0 Å². The molecule has 0 aromatic heterocycles. The van der Waals surface area contributed by atoms with Crippen molar-refractivity contribution in [1.29, 1.82) is 0 Å². The number of benzene rings is 1. The van der Waals surface area contributed by atoms with Crippen molar-refractivity contribution in [3.63, 3.8) is 0 Å². The summed E-state index contributed by atoms with van der Waals surface area (Å²) in [7, 11) is -2.10. The van der Waals surface area contributed by atoms with Crippen molar-refractivity contribution in [3.05, 3.63) is 29.3 Å². The van der Waals surface area contributed by atoms with Gasteiger partial charge in [0.25, 0.3) is 0 Å². The molecule has 1 unspecified atom stereocenters. The fourth-order valence-corrected chi connectivity index (χ4v) is 4.21. The van der Waals surface area contributed by atoms with Crippen LogP contribution in [-0.2, 0) is 16.4 Å². The predicted octanol–water partition coefficient (Wildman–Crippen LogP) is 2.37. The highest BCUT2D eigenvalue weighted by atomic mass is 32.2. The third-order valence-corrected chi connectivity index (χ3v) is 6.26. The van der Waals surface area contributed by atoms with Gasteiger partial charge in [0.2, 0.25) is 10.0 Å². The van der Waals surface area contributed by atoms with Crippen molar-refractivity contribution in [2.24, 2.45) is 5.92 Å². The molecule has 2 rings (SSSR count). The summed E-state index contributed by atoms with van der Waals surface area (Å²) in [5.41, 5.74) is 0.646. The molecule has 1 aliphatic rings. The van der Waals surface area contributed by atoms with E-state index >= 15 is 0 Å². The summed E-state index contributed by atoms with van der Waals surface area (Å²) in [6.07, 6.45) is 2.65. The second kappa shape index (κ2) is 5.77. The highest BCUT2D eigenvalue weighted by Crippen LogP contribution is 2.36. The van der Waals surface area contributed by atoms with Gasteiger partial charge in [0, 0.05) is 13.1 Å². The van der Waals surface area contributed by atoms with Crippen molar-refractivity contribution in [3.8, 4) is 0 Å². The summed E-state index contributed by atoms with van der Waals surface area (Å²) < 4.78 is 27.0. The molecule has 0 bridgehead atoms. The fraction of sp³-hybridized carbons (Fsp3) is 0.533. The van der Waals surface area contributed by atoms with Crippen LogP contribution in [0, 0.1) is 5.92 Å². The van der Waals surface area contributed by atoms with Gasteiger partial charge in [-0.1, -0.05) is 13.0 Å². The van der Waals surface area contributed by atoms with E-state index in [1.807, 2.05) is 13.8 Å². The molecule has 116 valence electrons. The van der Waals surface area contributed by atoms with Crippen LogP contribution >= 0.6 is 0 Å². The van der Waals surface area contributed by atoms with Crippen molar-refractivity contribution in [1.82, 2.24) is 4.31 Å². The molecular weight excluding hydrogens is 290 g/mol. The summed E-state index contributed by atoms with van der Waals surface area (Å²) in [5.74, 6) is -0.704. The van der Waals surface area contributed by atoms with Crippen molar-refractivity contribution < 1.29 is 18.3 Å². The Balaban J connectivity index is 2.46. The standard InChI is InChI=1S/C15H21NO4S/c1-4-11-5-8-13(15(17)18)9-14(11)21(19,20)16(3)10(2)12-6-7-12/h5,8-10,12H,4,6-7H2,1-3H3,(H,17,18). The minimum Gasteiger partial charge on any atom is -0.478 e. The van der Waals surface area contributed by atoms with E-state index in [0.717, 1.165) is 12.8 Å². The average molecular weight is 311 g/mol. The zero-order valence-corrected chi connectivity index (χ0v) is 13.4. The summed E-state index contributed by atoms with van der Waals surface area (Å²) in [6.45, 7) is 3.76. The van der Waals surface area contributed by atoms with Gasteiger partial charge in [0.15, 0.2) is 0 Å². The van der Waals surface area contributed by atoms with Gasteiger partial charge in [-0.3, -0.25) is 0 Å². The molecule has 0 saturated heterocycles. The van der Waals surface area contributed by atoms with E-state index < -0.39 is 16.0 Å². The van der Waals surface area contributed by atoms with Gasteiger partial charge >= 0.3 is 5.97 Å². The smallest absolute Gasteiger partial charge is 0.335 e. The first kappa shape index (κ1) is 16.0. The van der Waals surface area contributed by atoms with Crippen molar-refractivity contribution >= 4 is 16.0 Å². The molecule has 1 N–H and O–H groups in total. The first-order valence-electron chi connectivity index (χ1n) is 7.13.